The van der Waals surface area contributed by atoms with Gasteiger partial charge in [-0.3, -0.25) is 4.79 Å². The zero-order chi connectivity index (χ0) is 16.5. The quantitative estimate of drug-likeness (QED) is 0.571. The van der Waals surface area contributed by atoms with Crippen LogP contribution >= 0.6 is 0 Å². The van der Waals surface area contributed by atoms with Gasteiger partial charge < -0.3 is 14.4 Å². The van der Waals surface area contributed by atoms with E-state index in [9.17, 15) is 27.2 Å². The minimum absolute atomic E-state index is 0.168. The molecule has 0 aliphatic carbocycles. The molecule has 2 heterocycles. The van der Waals surface area contributed by atoms with E-state index in [4.69, 9.17) is 4.74 Å². The van der Waals surface area contributed by atoms with Gasteiger partial charge in [0.05, 0.1) is 13.7 Å². The summed E-state index contributed by atoms with van der Waals surface area (Å²) in [6.07, 6.45) is -6.82. The number of methoxy groups -OCH3 is 1. The molecule has 0 N–H and O–H groups in total. The van der Waals surface area contributed by atoms with Gasteiger partial charge in [-0.2, -0.15) is 13.2 Å². The van der Waals surface area contributed by atoms with Crippen LogP contribution in [0.5, 0.6) is 0 Å². The summed E-state index contributed by atoms with van der Waals surface area (Å²) in [6, 6.07) is -1.35. The molecule has 1 amide bonds. The molecule has 126 valence electrons. The highest BCUT2D eigenvalue weighted by Crippen LogP contribution is 2.43. The number of halogens is 4. The highest BCUT2D eigenvalue weighted by Gasteiger charge is 2.64. The van der Waals surface area contributed by atoms with E-state index in [0.717, 1.165) is 7.11 Å². The number of rotatable bonds is 2. The van der Waals surface area contributed by atoms with Gasteiger partial charge >= 0.3 is 12.1 Å². The van der Waals surface area contributed by atoms with Gasteiger partial charge in [0, 0.05) is 13.0 Å². The number of amides is 1. The zero-order valence-corrected chi connectivity index (χ0v) is 12.0. The Morgan fingerprint density at radius 2 is 2.00 bits per heavy atom. The number of nitrogens with zero attached hydrogens (tertiary/aromatic N) is 1. The number of carbonyl (C=O) groups excluding carboxylic acids is 2. The van der Waals surface area contributed by atoms with Crippen molar-refractivity contribution in [2.45, 2.75) is 49.7 Å². The molecule has 0 aromatic carbocycles. The molecule has 2 fully saturated rings. The lowest BCUT2D eigenvalue weighted by atomic mass is 9.91. The average molecular weight is 327 g/mol. The second-order valence-electron chi connectivity index (χ2n) is 5.46. The number of hydrogen-bond donors (Lipinski definition) is 0. The van der Waals surface area contributed by atoms with E-state index in [-0.39, 0.29) is 19.4 Å². The van der Waals surface area contributed by atoms with E-state index in [1.165, 1.54) is 0 Å². The third kappa shape index (κ3) is 2.78. The van der Waals surface area contributed by atoms with Crippen LogP contribution in [0.2, 0.25) is 0 Å². The van der Waals surface area contributed by atoms with Crippen molar-refractivity contribution in [1.29, 1.82) is 0 Å². The monoisotopic (exact) mass is 327 g/mol. The molecule has 2 aliphatic heterocycles. The van der Waals surface area contributed by atoms with Crippen molar-refractivity contribution in [2.24, 2.45) is 0 Å². The van der Waals surface area contributed by atoms with Crippen LogP contribution in [0.1, 0.15) is 25.7 Å². The number of hydrogen-bond acceptors (Lipinski definition) is 4. The van der Waals surface area contributed by atoms with Crippen molar-refractivity contribution < 1.29 is 36.6 Å². The Bertz CT molecular complexity index is 448. The summed E-state index contributed by atoms with van der Waals surface area (Å²) in [5, 5.41) is 0. The number of ether oxygens (including phenoxy) is 2. The highest BCUT2D eigenvalue weighted by molar-refractivity contribution is 5.91. The first-order valence-corrected chi connectivity index (χ1v) is 6.96. The number of carbonyl (C=O) groups is 2. The second-order valence-corrected chi connectivity index (χ2v) is 5.46. The topological polar surface area (TPSA) is 55.8 Å². The summed E-state index contributed by atoms with van der Waals surface area (Å²) in [4.78, 5) is 24.7. The number of likely N-dealkylation sites (tertiary alicyclic amines) is 1. The summed E-state index contributed by atoms with van der Waals surface area (Å²) >= 11 is 0. The van der Waals surface area contributed by atoms with Gasteiger partial charge in [-0.1, -0.05) is 0 Å². The molecule has 0 bridgehead atoms. The molecule has 2 aliphatic rings. The van der Waals surface area contributed by atoms with Crippen molar-refractivity contribution in [3.8, 4) is 0 Å². The molecule has 22 heavy (non-hydrogen) atoms. The first-order valence-electron chi connectivity index (χ1n) is 6.96. The minimum atomic E-state index is -4.93. The SMILES string of the molecule is COC(=O)[C@@H]1C[C@@H](F)CN1C(=O)[C@]1(C(F)(F)F)CCCCO1. The van der Waals surface area contributed by atoms with E-state index in [1.807, 2.05) is 0 Å². The molecule has 2 rings (SSSR count). The Morgan fingerprint density at radius 1 is 1.32 bits per heavy atom. The summed E-state index contributed by atoms with van der Waals surface area (Å²) in [5.41, 5.74) is -3.00. The van der Waals surface area contributed by atoms with Crippen LogP contribution in [0, 0.1) is 0 Å². The minimum Gasteiger partial charge on any atom is -0.467 e. The Balaban J connectivity index is 2.32. The largest absolute Gasteiger partial charge is 0.467 e. The fraction of sp³-hybridized carbons (Fsp3) is 0.846. The smallest absolute Gasteiger partial charge is 0.426 e. The Hall–Kier alpha value is -1.38. The van der Waals surface area contributed by atoms with E-state index >= 15 is 0 Å². The molecule has 9 heteroatoms. The Labute approximate surface area is 124 Å². The molecule has 5 nitrogen and oxygen atoms in total. The molecule has 3 atom stereocenters. The van der Waals surface area contributed by atoms with Crippen molar-refractivity contribution in [2.75, 3.05) is 20.3 Å². The highest BCUT2D eigenvalue weighted by atomic mass is 19.4. The fourth-order valence-electron chi connectivity index (χ4n) is 2.91. The van der Waals surface area contributed by atoms with Gasteiger partial charge in [-0.25, -0.2) is 9.18 Å². The zero-order valence-electron chi connectivity index (χ0n) is 12.0. The van der Waals surface area contributed by atoms with Crippen LogP contribution in [0.4, 0.5) is 17.6 Å². The predicted molar refractivity (Wildman–Crippen MR) is 65.6 cm³/mol. The first kappa shape index (κ1) is 17.0. The summed E-state index contributed by atoms with van der Waals surface area (Å²) < 4.78 is 63.1. The molecule has 0 aromatic heterocycles. The summed E-state index contributed by atoms with van der Waals surface area (Å²) in [5.74, 6) is -2.34. The van der Waals surface area contributed by atoms with Crippen LogP contribution in [0.15, 0.2) is 0 Å². The Kier molecular flexibility index (Phi) is 4.65. The van der Waals surface area contributed by atoms with Crippen molar-refractivity contribution in [1.82, 2.24) is 4.90 Å². The number of alkyl halides is 4. The first-order chi connectivity index (χ1) is 10.2. The lowest BCUT2D eigenvalue weighted by Crippen LogP contribution is -2.62. The molecular weight excluding hydrogens is 310 g/mol. The van der Waals surface area contributed by atoms with E-state index in [1.54, 1.807) is 0 Å². The maximum atomic E-state index is 13.5. The van der Waals surface area contributed by atoms with Gasteiger partial charge in [-0.15, -0.1) is 0 Å². The van der Waals surface area contributed by atoms with Gasteiger partial charge in [0.1, 0.15) is 12.2 Å². The van der Waals surface area contributed by atoms with E-state index in [2.05, 4.69) is 4.74 Å². The van der Waals surface area contributed by atoms with Gasteiger partial charge in [-0.05, 0) is 19.3 Å². The van der Waals surface area contributed by atoms with Crippen LogP contribution in [-0.4, -0.2) is 61.0 Å². The molecule has 0 spiro atoms. The molecule has 2 saturated heterocycles. The van der Waals surface area contributed by atoms with Gasteiger partial charge in [0.25, 0.3) is 5.91 Å². The molecule has 0 aromatic rings. The third-order valence-electron chi connectivity index (χ3n) is 4.06. The lowest BCUT2D eigenvalue weighted by molar-refractivity contribution is -0.281. The third-order valence-corrected chi connectivity index (χ3v) is 4.06. The van der Waals surface area contributed by atoms with E-state index < -0.39 is 48.8 Å². The van der Waals surface area contributed by atoms with Crippen LogP contribution < -0.4 is 0 Å². The number of esters is 1. The van der Waals surface area contributed by atoms with Crippen molar-refractivity contribution in [3.05, 3.63) is 0 Å². The van der Waals surface area contributed by atoms with Crippen LogP contribution in [0.3, 0.4) is 0 Å². The van der Waals surface area contributed by atoms with E-state index in [0.29, 0.717) is 11.3 Å². The molecule has 0 saturated carbocycles. The maximum absolute atomic E-state index is 13.5. The van der Waals surface area contributed by atoms with Gasteiger partial charge in [0.2, 0.25) is 5.60 Å². The Morgan fingerprint density at radius 3 is 2.50 bits per heavy atom. The standard InChI is InChI=1S/C13H17F4NO4/c1-21-10(19)9-6-8(14)7-18(9)11(20)12(13(15,16)17)4-2-3-5-22-12/h8-9H,2-7H2,1H3/t8-,9+,12+/m1/s1. The van der Waals surface area contributed by atoms with Crippen LogP contribution in [0.25, 0.3) is 0 Å². The van der Waals surface area contributed by atoms with Crippen molar-refractivity contribution >= 4 is 11.9 Å². The normalized spacial score (nSPS) is 32.9. The summed E-state index contributed by atoms with van der Waals surface area (Å²) in [7, 11) is 1.03. The maximum Gasteiger partial charge on any atom is 0.426 e. The average Bonchev–Trinajstić information content (AvgIpc) is 2.87. The summed E-state index contributed by atoms with van der Waals surface area (Å²) in [6.45, 7) is -0.777. The van der Waals surface area contributed by atoms with Crippen LogP contribution in [-0.2, 0) is 19.1 Å². The fourth-order valence-corrected chi connectivity index (χ4v) is 2.91. The predicted octanol–water partition coefficient (Wildman–Crippen LogP) is 1.60. The second kappa shape index (κ2) is 6.02. The van der Waals surface area contributed by atoms with Crippen molar-refractivity contribution in [3.63, 3.8) is 0 Å². The van der Waals surface area contributed by atoms with Gasteiger partial charge in [0.15, 0.2) is 0 Å². The lowest BCUT2D eigenvalue weighted by Gasteiger charge is -2.40. The molecule has 0 radical (unpaired) electrons. The molecule has 0 unspecified atom stereocenters. The molecular formula is C13H17F4NO4.